The molecule has 0 aliphatic carbocycles. The van der Waals surface area contributed by atoms with Gasteiger partial charge in [0, 0.05) is 25.1 Å². The number of hydrogen-bond donors (Lipinski definition) is 0. The molecule has 160 valence electrons. The van der Waals surface area contributed by atoms with Crippen LogP contribution in [0, 0.1) is 12.8 Å². The number of rotatable bonds is 6. The number of alkyl halides is 3. The van der Waals surface area contributed by atoms with Gasteiger partial charge in [-0.1, -0.05) is 17.7 Å². The predicted molar refractivity (Wildman–Crippen MR) is 106 cm³/mol. The Balaban J connectivity index is 1.42. The third kappa shape index (κ3) is 5.84. The molecule has 4 nitrogen and oxygen atoms in total. The molecular weight excluding hydrogens is 395 g/mol. The van der Waals surface area contributed by atoms with Crippen molar-refractivity contribution in [2.45, 2.75) is 32.4 Å². The highest BCUT2D eigenvalue weighted by Crippen LogP contribution is 2.30. The summed E-state index contributed by atoms with van der Waals surface area (Å²) in [5, 5.41) is 0. The lowest BCUT2D eigenvalue weighted by Crippen LogP contribution is -2.39. The highest BCUT2D eigenvalue weighted by atomic mass is 19.4. The molecule has 0 aromatic heterocycles. The second kappa shape index (κ2) is 9.32. The van der Waals surface area contributed by atoms with Crippen LogP contribution in [0.15, 0.2) is 48.5 Å². The van der Waals surface area contributed by atoms with E-state index in [2.05, 4.69) is 0 Å². The number of ether oxygens (including phenoxy) is 1. The van der Waals surface area contributed by atoms with Gasteiger partial charge in [0.15, 0.2) is 5.78 Å². The number of likely N-dealkylation sites (tertiary alicyclic amines) is 1. The van der Waals surface area contributed by atoms with E-state index in [4.69, 9.17) is 4.74 Å². The van der Waals surface area contributed by atoms with Gasteiger partial charge in [-0.25, -0.2) is 0 Å². The van der Waals surface area contributed by atoms with Crippen molar-refractivity contribution in [3.05, 3.63) is 65.2 Å². The molecule has 0 bridgehead atoms. The van der Waals surface area contributed by atoms with Crippen LogP contribution in [0.25, 0.3) is 0 Å². The van der Waals surface area contributed by atoms with Gasteiger partial charge in [0.1, 0.15) is 12.4 Å². The summed E-state index contributed by atoms with van der Waals surface area (Å²) in [7, 11) is 0. The number of amides is 1. The van der Waals surface area contributed by atoms with Crippen molar-refractivity contribution in [2.24, 2.45) is 5.92 Å². The largest absolute Gasteiger partial charge is 0.486 e. The number of carbonyl (C=O) groups excluding carboxylic acids is 2. The molecule has 7 heteroatoms. The highest BCUT2D eigenvalue weighted by molar-refractivity contribution is 5.94. The molecule has 0 spiro atoms. The number of piperidine rings is 1. The summed E-state index contributed by atoms with van der Waals surface area (Å²) < 4.78 is 43.0. The lowest BCUT2D eigenvalue weighted by Gasteiger charge is -2.31. The molecule has 2 aromatic rings. The number of halogens is 3. The fourth-order valence-electron chi connectivity index (χ4n) is 3.50. The van der Waals surface area contributed by atoms with Crippen LogP contribution >= 0.6 is 0 Å². The van der Waals surface area contributed by atoms with Crippen LogP contribution in [0.3, 0.4) is 0 Å². The van der Waals surface area contributed by atoms with E-state index in [1.165, 1.54) is 12.1 Å². The zero-order valence-electron chi connectivity index (χ0n) is 16.7. The van der Waals surface area contributed by atoms with Gasteiger partial charge in [-0.05, 0) is 62.1 Å². The van der Waals surface area contributed by atoms with Crippen molar-refractivity contribution < 1.29 is 27.5 Å². The Morgan fingerprint density at radius 2 is 1.60 bits per heavy atom. The third-order valence-electron chi connectivity index (χ3n) is 5.30. The minimum absolute atomic E-state index is 0.00501. The van der Waals surface area contributed by atoms with Crippen molar-refractivity contribution in [1.29, 1.82) is 0 Å². The topological polar surface area (TPSA) is 46.6 Å². The second-order valence-corrected chi connectivity index (χ2v) is 7.66. The third-order valence-corrected chi connectivity index (χ3v) is 5.30. The SMILES string of the molecule is Cc1ccc(C(=O)N2CCC(CC(=O)COc3ccc(C(F)(F)F)cc3)CC2)cc1. The van der Waals surface area contributed by atoms with Gasteiger partial charge in [0.2, 0.25) is 0 Å². The smallest absolute Gasteiger partial charge is 0.416 e. The van der Waals surface area contributed by atoms with Gasteiger partial charge in [0.05, 0.1) is 5.56 Å². The number of aryl methyl sites for hydroxylation is 1. The Kier molecular flexibility index (Phi) is 6.80. The Bertz CT molecular complexity index is 868. The van der Waals surface area contributed by atoms with Crippen LogP contribution < -0.4 is 4.74 Å². The Morgan fingerprint density at radius 1 is 1.00 bits per heavy atom. The van der Waals surface area contributed by atoms with E-state index in [0.29, 0.717) is 25.1 Å². The molecule has 0 atom stereocenters. The number of hydrogen-bond acceptors (Lipinski definition) is 3. The van der Waals surface area contributed by atoms with Crippen molar-refractivity contribution >= 4 is 11.7 Å². The molecule has 3 rings (SSSR count). The molecule has 0 saturated carbocycles. The number of carbonyl (C=O) groups is 2. The summed E-state index contributed by atoms with van der Waals surface area (Å²) >= 11 is 0. The number of nitrogens with zero attached hydrogens (tertiary/aromatic N) is 1. The fraction of sp³-hybridized carbons (Fsp3) is 0.391. The van der Waals surface area contributed by atoms with Gasteiger partial charge >= 0.3 is 6.18 Å². The maximum atomic E-state index is 12.6. The van der Waals surface area contributed by atoms with Crippen LogP contribution in [-0.4, -0.2) is 36.3 Å². The molecule has 1 aliphatic heterocycles. The number of Topliss-reactive ketones (excluding diaryl/α,β-unsaturated/α-hetero) is 1. The summed E-state index contributed by atoms with van der Waals surface area (Å²) in [5.41, 5.74) is 1.01. The maximum absolute atomic E-state index is 12.6. The van der Waals surface area contributed by atoms with Crippen molar-refractivity contribution in [3.8, 4) is 5.75 Å². The number of benzene rings is 2. The molecule has 1 saturated heterocycles. The molecule has 1 aliphatic rings. The molecule has 0 radical (unpaired) electrons. The van der Waals surface area contributed by atoms with Crippen LogP contribution in [-0.2, 0) is 11.0 Å². The zero-order valence-corrected chi connectivity index (χ0v) is 16.7. The van der Waals surface area contributed by atoms with Gasteiger partial charge in [-0.3, -0.25) is 9.59 Å². The summed E-state index contributed by atoms with van der Waals surface area (Å²) in [6, 6.07) is 11.8. The lowest BCUT2D eigenvalue weighted by atomic mass is 9.91. The van der Waals surface area contributed by atoms with Crippen molar-refractivity contribution in [2.75, 3.05) is 19.7 Å². The first-order valence-electron chi connectivity index (χ1n) is 9.90. The first-order chi connectivity index (χ1) is 14.2. The molecule has 2 aromatic carbocycles. The monoisotopic (exact) mass is 419 g/mol. The van der Waals surface area contributed by atoms with E-state index in [9.17, 15) is 22.8 Å². The quantitative estimate of drug-likeness (QED) is 0.669. The summed E-state index contributed by atoms with van der Waals surface area (Å²) in [6.45, 7) is 3.00. The molecular formula is C23H24F3NO3. The van der Waals surface area contributed by atoms with Crippen LogP contribution in [0.5, 0.6) is 5.75 Å². The van der Waals surface area contributed by atoms with Crippen molar-refractivity contribution in [1.82, 2.24) is 4.90 Å². The van der Waals surface area contributed by atoms with E-state index >= 15 is 0 Å². The van der Waals surface area contributed by atoms with Gasteiger partial charge < -0.3 is 9.64 Å². The summed E-state index contributed by atoms with van der Waals surface area (Å²) in [6.07, 6.45) is -2.58. The molecule has 30 heavy (non-hydrogen) atoms. The molecule has 0 unspecified atom stereocenters. The average molecular weight is 419 g/mol. The first kappa shape index (κ1) is 21.9. The normalized spacial score (nSPS) is 15.1. The minimum atomic E-state index is -4.40. The van der Waals surface area contributed by atoms with Gasteiger partial charge in [0.25, 0.3) is 5.91 Å². The minimum Gasteiger partial charge on any atom is -0.486 e. The van der Waals surface area contributed by atoms with Crippen LogP contribution in [0.2, 0.25) is 0 Å². The van der Waals surface area contributed by atoms with Gasteiger partial charge in [-0.2, -0.15) is 13.2 Å². The van der Waals surface area contributed by atoms with Crippen LogP contribution in [0.4, 0.5) is 13.2 Å². The predicted octanol–water partition coefficient (Wildman–Crippen LogP) is 4.90. The standard InChI is InChI=1S/C23H24F3NO3/c1-16-2-4-18(5-3-16)22(29)27-12-10-17(11-13-27)14-20(28)15-30-21-8-6-19(7-9-21)23(24,25)26/h2-9,17H,10-15H2,1H3. The average Bonchev–Trinajstić information content (AvgIpc) is 2.72. The zero-order chi connectivity index (χ0) is 21.7. The fourth-order valence-corrected chi connectivity index (χ4v) is 3.50. The Morgan fingerprint density at radius 3 is 2.17 bits per heavy atom. The van der Waals surface area contributed by atoms with Gasteiger partial charge in [-0.15, -0.1) is 0 Å². The Labute approximate surface area is 173 Å². The Hall–Kier alpha value is -2.83. The summed E-state index contributed by atoms with van der Waals surface area (Å²) in [4.78, 5) is 26.6. The maximum Gasteiger partial charge on any atom is 0.416 e. The molecule has 1 fully saturated rings. The van der Waals surface area contributed by atoms with E-state index < -0.39 is 11.7 Å². The molecule has 1 heterocycles. The van der Waals surface area contributed by atoms with Crippen LogP contribution in [0.1, 0.15) is 40.7 Å². The molecule has 1 amide bonds. The second-order valence-electron chi connectivity index (χ2n) is 7.66. The van der Waals surface area contributed by atoms with E-state index in [0.717, 1.165) is 30.5 Å². The number of ketones is 1. The van der Waals surface area contributed by atoms with E-state index in [1.807, 2.05) is 36.1 Å². The summed E-state index contributed by atoms with van der Waals surface area (Å²) in [5.74, 6) is 0.314. The lowest BCUT2D eigenvalue weighted by molar-refractivity contribution is -0.137. The molecule has 0 N–H and O–H groups in total. The van der Waals surface area contributed by atoms with Crippen molar-refractivity contribution in [3.63, 3.8) is 0 Å². The van der Waals surface area contributed by atoms with E-state index in [1.54, 1.807) is 0 Å². The highest BCUT2D eigenvalue weighted by Gasteiger charge is 2.30. The first-order valence-corrected chi connectivity index (χ1v) is 9.90. The van der Waals surface area contributed by atoms with E-state index in [-0.39, 0.29) is 30.0 Å².